The molecule has 4 aromatic heterocycles. The molecular weight excluding hydrogens is 840 g/mol. The zero-order chi connectivity index (χ0) is 43.9. The second kappa shape index (κ2) is 19.1. The maximum absolute atomic E-state index is 13.0. The highest BCUT2D eigenvalue weighted by Crippen LogP contribution is 2.33. The van der Waals surface area contributed by atoms with E-state index in [0.717, 1.165) is 54.0 Å². The fourth-order valence-electron chi connectivity index (χ4n) is 7.16. The zero-order valence-corrected chi connectivity index (χ0v) is 33.9. The molecule has 1 fully saturated rings. The number of aryl methyl sites for hydroxylation is 1. The van der Waals surface area contributed by atoms with Crippen molar-refractivity contribution in [1.82, 2.24) is 24.7 Å². The maximum Gasteiger partial charge on any atom is 0.573 e. The molecule has 0 atom stereocenters. The van der Waals surface area contributed by atoms with Crippen molar-refractivity contribution in [2.75, 3.05) is 29.9 Å². The van der Waals surface area contributed by atoms with E-state index < -0.39 is 12.7 Å². The highest BCUT2D eigenvalue weighted by molar-refractivity contribution is 6.30. The number of anilines is 2. The van der Waals surface area contributed by atoms with Crippen LogP contribution >= 0.6 is 11.6 Å². The molecule has 0 bridgehead atoms. The molecule has 3 aromatic carbocycles. The fraction of sp³-hybridized carbons (Fsp3) is 0.273. The SMILES string of the molecule is CCc1nc2ccc(Cl)cn2c1C(=O)NCc1ccc(N2CCC(c3ccc(OC(F)(F)F)cc3)CC2)cc1.FC(F)(F)Oc1ccc(CCNc2ncnc3ccoc23)cc1. The fourth-order valence-corrected chi connectivity index (χ4v) is 7.32. The van der Waals surface area contributed by atoms with Crippen LogP contribution in [0, 0.1) is 0 Å². The van der Waals surface area contributed by atoms with Crippen LogP contribution in [0.4, 0.5) is 37.8 Å². The second-order valence-corrected chi connectivity index (χ2v) is 14.7. The van der Waals surface area contributed by atoms with Crippen molar-refractivity contribution in [2.45, 2.75) is 57.8 Å². The van der Waals surface area contributed by atoms with E-state index in [1.807, 2.05) is 19.1 Å². The van der Waals surface area contributed by atoms with E-state index in [1.54, 1.807) is 53.1 Å². The molecule has 18 heteroatoms. The van der Waals surface area contributed by atoms with Crippen LogP contribution in [0.25, 0.3) is 16.7 Å². The minimum absolute atomic E-state index is 0.200. The molecule has 7 aromatic rings. The topological polar surface area (TPSA) is 119 Å². The van der Waals surface area contributed by atoms with Gasteiger partial charge in [0.1, 0.15) is 34.7 Å². The number of piperidine rings is 1. The van der Waals surface area contributed by atoms with E-state index in [0.29, 0.717) is 59.2 Å². The van der Waals surface area contributed by atoms with E-state index in [1.165, 1.54) is 36.9 Å². The number of amides is 1. The molecule has 1 amide bonds. The maximum atomic E-state index is 13.0. The number of pyridine rings is 1. The number of furan rings is 1. The standard InChI is InChI=1S/C29H28ClF3N4O2.C15H12F3N3O2/c1-2-25-27(37-18-22(30)7-12-26(37)35-25)28(38)34-17-19-3-8-23(9-4-19)36-15-13-21(14-16-36)20-5-10-24(11-6-20)39-29(31,32)33;16-15(17,18)23-11-3-1-10(2-4-11)5-7-19-14-13-12(6-8-22-13)20-9-21-14/h3-12,18,21H,2,13-17H2,1H3,(H,34,38);1-4,6,8-9H,5,7H2,(H,19,20,21). The summed E-state index contributed by atoms with van der Waals surface area (Å²) in [6, 6.07) is 25.3. The van der Waals surface area contributed by atoms with Crippen molar-refractivity contribution in [1.29, 1.82) is 0 Å². The van der Waals surface area contributed by atoms with Crippen molar-refractivity contribution in [3.63, 3.8) is 0 Å². The molecule has 1 aliphatic rings. The first-order chi connectivity index (χ1) is 29.7. The molecule has 0 spiro atoms. The van der Waals surface area contributed by atoms with Crippen molar-refractivity contribution in [3.8, 4) is 11.5 Å². The Balaban J connectivity index is 0.000000213. The Morgan fingerprint density at radius 1 is 0.839 bits per heavy atom. The third-order valence-electron chi connectivity index (χ3n) is 10.1. The number of nitrogens with one attached hydrogen (secondary N) is 2. The van der Waals surface area contributed by atoms with E-state index in [2.05, 4.69) is 52.1 Å². The number of fused-ring (bicyclic) bond motifs is 2. The van der Waals surface area contributed by atoms with Crippen molar-refractivity contribution in [3.05, 3.63) is 143 Å². The lowest BCUT2D eigenvalue weighted by Crippen LogP contribution is -2.32. The number of nitrogens with zero attached hydrogens (tertiary/aromatic N) is 5. The van der Waals surface area contributed by atoms with Crippen LogP contribution in [-0.4, -0.2) is 57.6 Å². The van der Waals surface area contributed by atoms with Crippen LogP contribution < -0.4 is 25.0 Å². The van der Waals surface area contributed by atoms with Gasteiger partial charge in [-0.2, -0.15) is 0 Å². The van der Waals surface area contributed by atoms with Gasteiger partial charge < -0.3 is 29.4 Å². The number of ether oxygens (including phenoxy) is 2. The Morgan fingerprint density at radius 3 is 2.13 bits per heavy atom. The summed E-state index contributed by atoms with van der Waals surface area (Å²) >= 11 is 6.14. The first kappa shape index (κ1) is 43.6. The Labute approximate surface area is 356 Å². The third kappa shape index (κ3) is 11.5. The van der Waals surface area contributed by atoms with Gasteiger partial charge in [-0.05, 0) is 96.8 Å². The Morgan fingerprint density at radius 2 is 1.48 bits per heavy atom. The van der Waals surface area contributed by atoms with Gasteiger partial charge in [-0.25, -0.2) is 15.0 Å². The second-order valence-electron chi connectivity index (χ2n) is 14.3. The van der Waals surface area contributed by atoms with Gasteiger partial charge in [-0.1, -0.05) is 54.9 Å². The molecular formula is C44H40ClF6N7O4. The van der Waals surface area contributed by atoms with Crippen LogP contribution in [0.5, 0.6) is 11.5 Å². The molecule has 11 nitrogen and oxygen atoms in total. The number of hydrogen-bond acceptors (Lipinski definition) is 9. The molecule has 0 unspecified atom stereocenters. The molecule has 5 heterocycles. The lowest BCUT2D eigenvalue weighted by atomic mass is 9.89. The first-order valence-corrected chi connectivity index (χ1v) is 20.0. The minimum atomic E-state index is -4.68. The van der Waals surface area contributed by atoms with Gasteiger partial charge in [-0.3, -0.25) is 9.20 Å². The highest BCUT2D eigenvalue weighted by atomic mass is 35.5. The number of imidazole rings is 1. The van der Waals surface area contributed by atoms with Crippen molar-refractivity contribution >= 4 is 45.8 Å². The Bertz CT molecular complexity index is 2570. The van der Waals surface area contributed by atoms with Gasteiger partial charge in [0.15, 0.2) is 11.4 Å². The summed E-state index contributed by atoms with van der Waals surface area (Å²) in [5, 5.41) is 6.65. The number of hydrogen-bond donors (Lipinski definition) is 2. The summed E-state index contributed by atoms with van der Waals surface area (Å²) in [5.74, 6) is 0.233. The lowest BCUT2D eigenvalue weighted by molar-refractivity contribution is -0.275. The summed E-state index contributed by atoms with van der Waals surface area (Å²) in [6.07, 6.45) is -1.65. The summed E-state index contributed by atoms with van der Waals surface area (Å²) in [7, 11) is 0. The molecule has 0 saturated carbocycles. The van der Waals surface area contributed by atoms with E-state index >= 15 is 0 Å². The predicted octanol–water partition coefficient (Wildman–Crippen LogP) is 10.5. The Kier molecular flexibility index (Phi) is 13.4. The molecule has 0 radical (unpaired) electrons. The monoisotopic (exact) mass is 879 g/mol. The number of carbonyl (C=O) groups excluding carboxylic acids is 1. The number of carbonyl (C=O) groups is 1. The van der Waals surface area contributed by atoms with Crippen molar-refractivity contribution in [2.24, 2.45) is 0 Å². The van der Waals surface area contributed by atoms with E-state index in [-0.39, 0.29) is 23.3 Å². The molecule has 1 aliphatic heterocycles. The van der Waals surface area contributed by atoms with Gasteiger partial charge in [0.2, 0.25) is 0 Å². The molecule has 62 heavy (non-hydrogen) atoms. The summed E-state index contributed by atoms with van der Waals surface area (Å²) in [6.45, 7) is 4.58. The van der Waals surface area contributed by atoms with Crippen LogP contribution in [0.15, 0.2) is 114 Å². The molecule has 8 rings (SSSR count). The average molecular weight is 880 g/mol. The van der Waals surface area contributed by atoms with Gasteiger partial charge in [0.05, 0.1) is 17.0 Å². The minimum Gasteiger partial charge on any atom is -0.459 e. The molecule has 1 saturated heterocycles. The lowest BCUT2D eigenvalue weighted by Gasteiger charge is -2.34. The van der Waals surface area contributed by atoms with E-state index in [4.69, 9.17) is 16.0 Å². The van der Waals surface area contributed by atoms with Crippen LogP contribution in [0.2, 0.25) is 5.02 Å². The molecule has 324 valence electrons. The summed E-state index contributed by atoms with van der Waals surface area (Å²) < 4.78 is 88.3. The number of alkyl halides is 6. The number of aromatic nitrogens is 4. The quantitative estimate of drug-likeness (QED) is 0.116. The average Bonchev–Trinajstić information content (AvgIpc) is 3.89. The summed E-state index contributed by atoms with van der Waals surface area (Å²) in [4.78, 5) is 28.1. The number of rotatable bonds is 12. The van der Waals surface area contributed by atoms with Gasteiger partial charge in [-0.15, -0.1) is 26.3 Å². The number of benzene rings is 3. The first-order valence-electron chi connectivity index (χ1n) is 19.6. The smallest absolute Gasteiger partial charge is 0.459 e. The predicted molar refractivity (Wildman–Crippen MR) is 222 cm³/mol. The molecule has 0 aliphatic carbocycles. The van der Waals surface area contributed by atoms with Crippen molar-refractivity contribution < 1.29 is 45.0 Å². The van der Waals surface area contributed by atoms with Crippen LogP contribution in [-0.2, 0) is 19.4 Å². The van der Waals surface area contributed by atoms with E-state index in [9.17, 15) is 31.1 Å². The number of halogens is 7. The van der Waals surface area contributed by atoms with Crippen LogP contribution in [0.1, 0.15) is 58.6 Å². The van der Waals surface area contributed by atoms with Gasteiger partial charge >= 0.3 is 12.7 Å². The van der Waals surface area contributed by atoms with Gasteiger partial charge in [0, 0.05) is 44.1 Å². The van der Waals surface area contributed by atoms with Crippen LogP contribution in [0.3, 0.4) is 0 Å². The highest BCUT2D eigenvalue weighted by Gasteiger charge is 2.32. The Hall–Kier alpha value is -6.49. The molecule has 2 N–H and O–H groups in total. The zero-order valence-electron chi connectivity index (χ0n) is 33.1. The third-order valence-corrected chi connectivity index (χ3v) is 10.4. The largest absolute Gasteiger partial charge is 0.573 e. The normalized spacial score (nSPS) is 13.5. The van der Waals surface area contributed by atoms with Gasteiger partial charge in [0.25, 0.3) is 5.91 Å². The summed E-state index contributed by atoms with van der Waals surface area (Å²) in [5.41, 5.74) is 7.15.